The minimum absolute atomic E-state index is 0.109. The zero-order chi connectivity index (χ0) is 13.8. The van der Waals surface area contributed by atoms with Crippen molar-refractivity contribution in [3.05, 3.63) is 29.3 Å². The van der Waals surface area contributed by atoms with Crippen molar-refractivity contribution in [2.45, 2.75) is 31.9 Å². The molecule has 0 saturated heterocycles. The zero-order valence-electron chi connectivity index (χ0n) is 11.0. The maximum absolute atomic E-state index is 11.3. The SMILES string of the molecule is CCOC(=O)COc1cccc2c1C[C@@H](N)[C@H](O)C2. The summed E-state index contributed by atoms with van der Waals surface area (Å²) in [5.41, 5.74) is 7.87. The van der Waals surface area contributed by atoms with E-state index in [9.17, 15) is 9.90 Å². The number of carbonyl (C=O) groups is 1. The van der Waals surface area contributed by atoms with Crippen LogP contribution in [0.15, 0.2) is 18.2 Å². The standard InChI is InChI=1S/C14H19NO4/c1-2-18-14(17)8-19-13-5-3-4-9-6-12(16)11(15)7-10(9)13/h3-5,11-12,16H,2,6-8,15H2,1H3/t11-,12-/m1/s1. The number of benzene rings is 1. The molecule has 2 atom stereocenters. The van der Waals surface area contributed by atoms with Gasteiger partial charge >= 0.3 is 5.97 Å². The number of ether oxygens (including phenoxy) is 2. The summed E-state index contributed by atoms with van der Waals surface area (Å²) < 4.78 is 10.3. The molecule has 1 aliphatic carbocycles. The molecule has 1 aromatic rings. The molecule has 1 aromatic carbocycles. The van der Waals surface area contributed by atoms with E-state index in [0.29, 0.717) is 25.2 Å². The summed E-state index contributed by atoms with van der Waals surface area (Å²) >= 11 is 0. The Kier molecular flexibility index (Phi) is 4.39. The number of fused-ring (bicyclic) bond motifs is 1. The van der Waals surface area contributed by atoms with E-state index in [1.165, 1.54) is 0 Å². The van der Waals surface area contributed by atoms with Crippen LogP contribution in [0.3, 0.4) is 0 Å². The first-order valence-corrected chi connectivity index (χ1v) is 6.44. The number of hydrogen-bond donors (Lipinski definition) is 2. The fraction of sp³-hybridized carbons (Fsp3) is 0.500. The van der Waals surface area contributed by atoms with Gasteiger partial charge in [-0.05, 0) is 30.5 Å². The van der Waals surface area contributed by atoms with Crippen LogP contribution in [0.25, 0.3) is 0 Å². The number of esters is 1. The van der Waals surface area contributed by atoms with Crippen molar-refractivity contribution < 1.29 is 19.4 Å². The van der Waals surface area contributed by atoms with E-state index in [0.717, 1.165) is 11.1 Å². The minimum atomic E-state index is -0.521. The second kappa shape index (κ2) is 6.04. The Bertz CT molecular complexity index is 461. The molecule has 5 heteroatoms. The van der Waals surface area contributed by atoms with Crippen molar-refractivity contribution in [1.82, 2.24) is 0 Å². The molecule has 104 valence electrons. The molecule has 3 N–H and O–H groups in total. The summed E-state index contributed by atoms with van der Waals surface area (Å²) in [4.78, 5) is 11.3. The Hall–Kier alpha value is -1.59. The highest BCUT2D eigenvalue weighted by molar-refractivity contribution is 5.71. The highest BCUT2D eigenvalue weighted by Gasteiger charge is 2.26. The van der Waals surface area contributed by atoms with E-state index in [2.05, 4.69) is 0 Å². The Balaban J connectivity index is 2.10. The summed E-state index contributed by atoms with van der Waals surface area (Å²) in [7, 11) is 0. The Morgan fingerprint density at radius 3 is 3.00 bits per heavy atom. The lowest BCUT2D eigenvalue weighted by Crippen LogP contribution is -2.41. The third kappa shape index (κ3) is 3.24. The van der Waals surface area contributed by atoms with E-state index in [4.69, 9.17) is 15.2 Å². The average molecular weight is 265 g/mol. The van der Waals surface area contributed by atoms with Gasteiger partial charge < -0.3 is 20.3 Å². The number of hydrogen-bond acceptors (Lipinski definition) is 5. The van der Waals surface area contributed by atoms with Gasteiger partial charge in [0.05, 0.1) is 12.7 Å². The van der Waals surface area contributed by atoms with Crippen LogP contribution < -0.4 is 10.5 Å². The summed E-state index contributed by atoms with van der Waals surface area (Å²) in [6.45, 7) is 1.98. The Labute approximate surface area is 112 Å². The van der Waals surface area contributed by atoms with Gasteiger partial charge in [0, 0.05) is 12.5 Å². The highest BCUT2D eigenvalue weighted by atomic mass is 16.6. The van der Waals surface area contributed by atoms with Gasteiger partial charge in [0.15, 0.2) is 6.61 Å². The lowest BCUT2D eigenvalue weighted by molar-refractivity contribution is -0.145. The number of carbonyl (C=O) groups excluding carboxylic acids is 1. The zero-order valence-corrected chi connectivity index (χ0v) is 11.0. The highest BCUT2D eigenvalue weighted by Crippen LogP contribution is 2.29. The molecule has 0 radical (unpaired) electrons. The molecule has 0 spiro atoms. The quantitative estimate of drug-likeness (QED) is 0.771. The molecule has 0 fully saturated rings. The first-order valence-electron chi connectivity index (χ1n) is 6.44. The second-order valence-corrected chi connectivity index (χ2v) is 4.63. The molecular formula is C14H19NO4. The molecule has 0 aliphatic heterocycles. The average Bonchev–Trinajstić information content (AvgIpc) is 2.38. The maximum Gasteiger partial charge on any atom is 0.344 e. The first-order chi connectivity index (χ1) is 9.11. The molecule has 0 aromatic heterocycles. The molecule has 19 heavy (non-hydrogen) atoms. The number of rotatable bonds is 4. The monoisotopic (exact) mass is 265 g/mol. The van der Waals surface area contributed by atoms with Crippen LogP contribution in [0.4, 0.5) is 0 Å². The summed E-state index contributed by atoms with van der Waals surface area (Å²) in [6.07, 6.45) is 0.551. The predicted octanol–water partition coefficient (Wildman–Crippen LogP) is 0.415. The van der Waals surface area contributed by atoms with Gasteiger partial charge in [-0.2, -0.15) is 0 Å². The van der Waals surface area contributed by atoms with Gasteiger partial charge in [0.2, 0.25) is 0 Å². The van der Waals surface area contributed by atoms with E-state index >= 15 is 0 Å². The van der Waals surface area contributed by atoms with Gasteiger partial charge in [0.25, 0.3) is 0 Å². The normalized spacial score (nSPS) is 21.6. The molecule has 0 amide bonds. The fourth-order valence-electron chi connectivity index (χ4n) is 2.26. The third-order valence-electron chi connectivity index (χ3n) is 3.24. The van der Waals surface area contributed by atoms with Crippen LogP contribution in [-0.4, -0.2) is 36.4 Å². The fourth-order valence-corrected chi connectivity index (χ4v) is 2.26. The predicted molar refractivity (Wildman–Crippen MR) is 70.0 cm³/mol. The summed E-state index contributed by atoms with van der Waals surface area (Å²) in [6, 6.07) is 5.31. The van der Waals surface area contributed by atoms with Crippen LogP contribution in [-0.2, 0) is 22.4 Å². The molecule has 2 rings (SSSR count). The van der Waals surface area contributed by atoms with Crippen molar-refractivity contribution in [3.63, 3.8) is 0 Å². The van der Waals surface area contributed by atoms with Crippen LogP contribution in [0.1, 0.15) is 18.1 Å². The third-order valence-corrected chi connectivity index (χ3v) is 3.24. The molecule has 0 heterocycles. The molecule has 5 nitrogen and oxygen atoms in total. The maximum atomic E-state index is 11.3. The van der Waals surface area contributed by atoms with Gasteiger partial charge in [-0.15, -0.1) is 0 Å². The van der Waals surface area contributed by atoms with Crippen LogP contribution in [0.5, 0.6) is 5.75 Å². The molecule has 1 aliphatic rings. The lowest BCUT2D eigenvalue weighted by atomic mass is 9.86. The van der Waals surface area contributed by atoms with E-state index < -0.39 is 6.10 Å². The number of aliphatic hydroxyl groups is 1. The van der Waals surface area contributed by atoms with E-state index in [-0.39, 0.29) is 18.6 Å². The van der Waals surface area contributed by atoms with Gasteiger partial charge in [-0.25, -0.2) is 4.79 Å². The lowest BCUT2D eigenvalue weighted by Gasteiger charge is -2.28. The van der Waals surface area contributed by atoms with Crippen molar-refractivity contribution in [2.24, 2.45) is 5.73 Å². The van der Waals surface area contributed by atoms with Crippen molar-refractivity contribution in [2.75, 3.05) is 13.2 Å². The topological polar surface area (TPSA) is 81.8 Å². The second-order valence-electron chi connectivity index (χ2n) is 4.63. The van der Waals surface area contributed by atoms with E-state index in [1.807, 2.05) is 18.2 Å². The smallest absolute Gasteiger partial charge is 0.344 e. The Morgan fingerprint density at radius 1 is 1.47 bits per heavy atom. The molecule has 0 bridgehead atoms. The van der Waals surface area contributed by atoms with Crippen molar-refractivity contribution in [1.29, 1.82) is 0 Å². The van der Waals surface area contributed by atoms with Gasteiger partial charge in [-0.1, -0.05) is 12.1 Å². The largest absolute Gasteiger partial charge is 0.482 e. The summed E-state index contributed by atoms with van der Waals surface area (Å²) in [5, 5.41) is 9.76. The number of aliphatic hydroxyl groups excluding tert-OH is 1. The van der Waals surface area contributed by atoms with Crippen LogP contribution in [0.2, 0.25) is 0 Å². The van der Waals surface area contributed by atoms with E-state index in [1.54, 1.807) is 6.92 Å². The Morgan fingerprint density at radius 2 is 2.26 bits per heavy atom. The first kappa shape index (κ1) is 13.8. The van der Waals surface area contributed by atoms with Crippen molar-refractivity contribution >= 4 is 5.97 Å². The van der Waals surface area contributed by atoms with Crippen LogP contribution >= 0.6 is 0 Å². The van der Waals surface area contributed by atoms with Gasteiger partial charge in [-0.3, -0.25) is 0 Å². The van der Waals surface area contributed by atoms with Crippen LogP contribution in [0, 0.1) is 0 Å². The summed E-state index contributed by atoms with van der Waals surface area (Å²) in [5.74, 6) is 0.258. The number of nitrogens with two attached hydrogens (primary N) is 1. The molecule has 0 saturated carbocycles. The molecule has 0 unspecified atom stereocenters. The minimum Gasteiger partial charge on any atom is -0.482 e. The van der Waals surface area contributed by atoms with Gasteiger partial charge in [0.1, 0.15) is 5.75 Å². The van der Waals surface area contributed by atoms with Crippen molar-refractivity contribution in [3.8, 4) is 5.75 Å². The molecular weight excluding hydrogens is 246 g/mol.